The first kappa shape index (κ1) is 17.0. The van der Waals surface area contributed by atoms with Gasteiger partial charge in [-0.25, -0.2) is 4.98 Å². The van der Waals surface area contributed by atoms with E-state index in [0.29, 0.717) is 22.1 Å². The van der Waals surface area contributed by atoms with Crippen LogP contribution in [0, 0.1) is 0 Å². The van der Waals surface area contributed by atoms with E-state index >= 15 is 0 Å². The van der Waals surface area contributed by atoms with Crippen molar-refractivity contribution in [3.63, 3.8) is 0 Å². The molecule has 0 radical (unpaired) electrons. The predicted octanol–water partition coefficient (Wildman–Crippen LogP) is 4.86. The predicted molar refractivity (Wildman–Crippen MR) is 94.6 cm³/mol. The Morgan fingerprint density at radius 2 is 1.84 bits per heavy atom. The van der Waals surface area contributed by atoms with Gasteiger partial charge in [0, 0.05) is 5.38 Å². The van der Waals surface area contributed by atoms with Crippen molar-refractivity contribution in [1.82, 2.24) is 4.98 Å². The van der Waals surface area contributed by atoms with E-state index in [1.807, 2.05) is 0 Å². The van der Waals surface area contributed by atoms with Crippen molar-refractivity contribution in [2.45, 2.75) is 6.18 Å². The molecule has 0 bridgehead atoms. The van der Waals surface area contributed by atoms with Gasteiger partial charge in [0.2, 0.25) is 5.13 Å². The molecule has 0 unspecified atom stereocenters. The number of halogens is 3. The molecule has 25 heavy (non-hydrogen) atoms. The van der Waals surface area contributed by atoms with E-state index in [1.54, 1.807) is 41.9 Å². The second kappa shape index (κ2) is 6.94. The fourth-order valence-corrected chi connectivity index (χ4v) is 2.68. The molecule has 3 aromatic rings. The molecule has 0 amide bonds. The van der Waals surface area contributed by atoms with Crippen molar-refractivity contribution in [2.24, 2.45) is 5.10 Å². The maximum Gasteiger partial charge on any atom is 0.416 e. The molecule has 3 rings (SSSR count). The summed E-state index contributed by atoms with van der Waals surface area (Å²) in [6.45, 7) is 0. The van der Waals surface area contributed by atoms with Gasteiger partial charge in [-0.3, -0.25) is 5.43 Å². The molecule has 0 fully saturated rings. The van der Waals surface area contributed by atoms with Crippen LogP contribution in [0.15, 0.2) is 59.0 Å². The van der Waals surface area contributed by atoms with Crippen LogP contribution in [0.1, 0.15) is 11.1 Å². The summed E-state index contributed by atoms with van der Waals surface area (Å²) in [7, 11) is 0. The maximum absolute atomic E-state index is 12.8. The molecule has 3 N–H and O–H groups in total. The standard InChI is InChI=1S/C17H13F3N4S/c18-17(19,20)14-3-1-2-13(8-14)12-6-4-11(5-7-12)9-22-24-16-23-15(21)10-25-16/h1-10H,21H2,(H,23,24). The molecule has 0 saturated carbocycles. The van der Waals surface area contributed by atoms with Crippen LogP contribution in [0.4, 0.5) is 24.1 Å². The molecular formula is C17H13F3N4S. The number of rotatable bonds is 4. The van der Waals surface area contributed by atoms with Gasteiger partial charge in [-0.1, -0.05) is 36.4 Å². The van der Waals surface area contributed by atoms with Gasteiger partial charge in [-0.05, 0) is 28.8 Å². The number of nitrogens with zero attached hydrogens (tertiary/aromatic N) is 2. The Kier molecular flexibility index (Phi) is 4.71. The molecule has 128 valence electrons. The van der Waals surface area contributed by atoms with Gasteiger partial charge < -0.3 is 5.73 Å². The monoisotopic (exact) mass is 362 g/mol. The second-order valence-corrected chi connectivity index (χ2v) is 6.01. The van der Waals surface area contributed by atoms with Crippen LogP contribution < -0.4 is 11.2 Å². The van der Waals surface area contributed by atoms with E-state index in [4.69, 9.17) is 5.73 Å². The lowest BCUT2D eigenvalue weighted by Crippen LogP contribution is -2.04. The van der Waals surface area contributed by atoms with Crippen molar-refractivity contribution in [3.8, 4) is 11.1 Å². The van der Waals surface area contributed by atoms with Crippen molar-refractivity contribution < 1.29 is 13.2 Å². The molecule has 4 nitrogen and oxygen atoms in total. The minimum absolute atomic E-state index is 0.424. The highest BCUT2D eigenvalue weighted by molar-refractivity contribution is 7.14. The Balaban J connectivity index is 1.72. The number of hydrazone groups is 1. The first-order valence-electron chi connectivity index (χ1n) is 7.19. The zero-order valence-corrected chi connectivity index (χ0v) is 13.6. The molecule has 0 saturated heterocycles. The Morgan fingerprint density at radius 1 is 1.08 bits per heavy atom. The van der Waals surface area contributed by atoms with Crippen LogP contribution in [0.25, 0.3) is 11.1 Å². The third-order valence-corrected chi connectivity index (χ3v) is 4.09. The van der Waals surface area contributed by atoms with Crippen molar-refractivity contribution in [2.75, 3.05) is 11.2 Å². The Bertz CT molecular complexity index is 885. The number of aromatic nitrogens is 1. The Labute approximate surface area is 145 Å². The zero-order chi connectivity index (χ0) is 17.9. The lowest BCUT2D eigenvalue weighted by Gasteiger charge is -2.09. The summed E-state index contributed by atoms with van der Waals surface area (Å²) in [5.74, 6) is 0.424. The summed E-state index contributed by atoms with van der Waals surface area (Å²) >= 11 is 1.33. The second-order valence-electron chi connectivity index (χ2n) is 5.15. The van der Waals surface area contributed by atoms with Crippen LogP contribution in [0.2, 0.25) is 0 Å². The fraction of sp³-hybridized carbons (Fsp3) is 0.0588. The number of nitrogens with one attached hydrogen (secondary N) is 1. The highest BCUT2D eigenvalue weighted by atomic mass is 32.1. The average Bonchev–Trinajstić information content (AvgIpc) is 3.00. The quantitative estimate of drug-likeness (QED) is 0.515. The molecule has 0 spiro atoms. The molecule has 0 atom stereocenters. The third-order valence-electron chi connectivity index (χ3n) is 3.33. The number of anilines is 2. The van der Waals surface area contributed by atoms with Gasteiger partial charge in [0.25, 0.3) is 0 Å². The van der Waals surface area contributed by atoms with E-state index in [1.165, 1.54) is 17.4 Å². The number of alkyl halides is 3. The molecule has 8 heteroatoms. The van der Waals surface area contributed by atoms with E-state index in [-0.39, 0.29) is 0 Å². The van der Waals surface area contributed by atoms with Gasteiger partial charge in [0.15, 0.2) is 0 Å². The van der Waals surface area contributed by atoms with Gasteiger partial charge in [-0.15, -0.1) is 11.3 Å². The topological polar surface area (TPSA) is 63.3 Å². The molecule has 1 heterocycles. The highest BCUT2D eigenvalue weighted by Crippen LogP contribution is 2.32. The van der Waals surface area contributed by atoms with Gasteiger partial charge in [0.05, 0.1) is 11.8 Å². The number of hydrogen-bond acceptors (Lipinski definition) is 5. The van der Waals surface area contributed by atoms with Crippen LogP contribution in [0.5, 0.6) is 0 Å². The number of hydrogen-bond donors (Lipinski definition) is 2. The van der Waals surface area contributed by atoms with Crippen molar-refractivity contribution in [1.29, 1.82) is 0 Å². The molecule has 0 aliphatic carbocycles. The van der Waals surface area contributed by atoms with Crippen LogP contribution in [-0.4, -0.2) is 11.2 Å². The smallest absolute Gasteiger partial charge is 0.383 e. The molecule has 0 aliphatic rings. The zero-order valence-electron chi connectivity index (χ0n) is 12.8. The van der Waals surface area contributed by atoms with Gasteiger partial charge in [0.1, 0.15) is 5.82 Å². The highest BCUT2D eigenvalue weighted by Gasteiger charge is 2.30. The van der Waals surface area contributed by atoms with Crippen molar-refractivity contribution >= 4 is 28.5 Å². The largest absolute Gasteiger partial charge is 0.416 e. The number of nitrogens with two attached hydrogens (primary N) is 1. The summed E-state index contributed by atoms with van der Waals surface area (Å²) < 4.78 is 38.4. The lowest BCUT2D eigenvalue weighted by molar-refractivity contribution is -0.137. The number of thiazole rings is 1. The van der Waals surface area contributed by atoms with Crippen molar-refractivity contribution in [3.05, 3.63) is 65.0 Å². The van der Waals surface area contributed by atoms with Gasteiger partial charge in [-0.2, -0.15) is 18.3 Å². The van der Waals surface area contributed by atoms with Crippen LogP contribution in [-0.2, 0) is 6.18 Å². The first-order valence-corrected chi connectivity index (χ1v) is 8.07. The fourth-order valence-electron chi connectivity index (χ4n) is 2.14. The average molecular weight is 362 g/mol. The SMILES string of the molecule is Nc1csc(NN=Cc2ccc(-c3cccc(C(F)(F)F)c3)cc2)n1. The summed E-state index contributed by atoms with van der Waals surface area (Å²) in [6.07, 6.45) is -2.76. The third kappa shape index (κ3) is 4.36. The molecular weight excluding hydrogens is 349 g/mol. The Morgan fingerprint density at radius 3 is 2.48 bits per heavy atom. The van der Waals surface area contributed by atoms with Crippen LogP contribution >= 0.6 is 11.3 Å². The molecule has 2 aromatic carbocycles. The van der Waals surface area contributed by atoms with Gasteiger partial charge >= 0.3 is 6.18 Å². The minimum Gasteiger partial charge on any atom is -0.383 e. The lowest BCUT2D eigenvalue weighted by atomic mass is 10.0. The van der Waals surface area contributed by atoms with E-state index < -0.39 is 11.7 Å². The summed E-state index contributed by atoms with van der Waals surface area (Å²) in [5.41, 5.74) is 9.61. The van der Waals surface area contributed by atoms with E-state index in [9.17, 15) is 13.2 Å². The summed E-state index contributed by atoms with van der Waals surface area (Å²) in [4.78, 5) is 4.00. The first-order chi connectivity index (χ1) is 11.9. The maximum atomic E-state index is 12.8. The van der Waals surface area contributed by atoms with E-state index in [2.05, 4.69) is 15.5 Å². The normalized spacial score (nSPS) is 11.8. The Hall–Kier alpha value is -2.87. The minimum atomic E-state index is -4.35. The molecule has 0 aliphatic heterocycles. The summed E-state index contributed by atoms with van der Waals surface area (Å²) in [6, 6.07) is 12.3. The number of nitrogen functional groups attached to an aromatic ring is 1. The molecule has 1 aromatic heterocycles. The number of benzene rings is 2. The van der Waals surface area contributed by atoms with E-state index in [0.717, 1.165) is 17.7 Å². The van der Waals surface area contributed by atoms with Crippen LogP contribution in [0.3, 0.4) is 0 Å². The summed E-state index contributed by atoms with van der Waals surface area (Å²) in [5, 5.41) is 6.32.